The highest BCUT2D eigenvalue weighted by atomic mass is 32.1. The van der Waals surface area contributed by atoms with Crippen LogP contribution in [0.5, 0.6) is 0 Å². The molecule has 0 bridgehead atoms. The molecule has 13 heteroatoms. The van der Waals surface area contributed by atoms with E-state index in [4.69, 9.17) is 23.7 Å². The molecule has 0 saturated carbocycles. The molecule has 1 aliphatic heterocycles. The summed E-state index contributed by atoms with van der Waals surface area (Å²) in [6.07, 6.45) is -4.83. The number of ketones is 1. The fourth-order valence-electron chi connectivity index (χ4n) is 4.38. The highest BCUT2D eigenvalue weighted by molar-refractivity contribution is 7.17. The number of aromatic nitrogens is 1. The van der Waals surface area contributed by atoms with Gasteiger partial charge in [-0.25, -0.2) is 4.98 Å². The molecule has 12 nitrogen and oxygen atoms in total. The van der Waals surface area contributed by atoms with E-state index in [1.54, 1.807) is 12.1 Å². The van der Waals surface area contributed by atoms with Gasteiger partial charge in [0.25, 0.3) is 0 Å². The lowest BCUT2D eigenvalue weighted by atomic mass is 9.97. The summed E-state index contributed by atoms with van der Waals surface area (Å²) in [6, 6.07) is 13.1. The van der Waals surface area contributed by atoms with Crippen LogP contribution in [0.25, 0.3) is 10.8 Å². The Morgan fingerprint density at radius 1 is 0.829 bits per heavy atom. The second kappa shape index (κ2) is 12.9. The Kier molecular flexibility index (Phi) is 9.30. The number of hydrogen-bond acceptors (Lipinski definition) is 13. The van der Waals surface area contributed by atoms with E-state index in [9.17, 15) is 24.0 Å². The second-order valence-electron chi connectivity index (χ2n) is 9.18. The Morgan fingerprint density at radius 3 is 2.12 bits per heavy atom. The standard InChI is InChI=1S/C28H28N2O10S/c1-14(31)36-13-21-24(37-15(2)32)25(38-16(3)33)26(39-17(4)34)27(40-21)30-28-29-12-22(41-28)23(35)20-10-9-18-7-5-6-8-19(18)11-20/h5-12,21,24-27H,13H2,1-4H3,(H,29,30)/t21-,24-,25+,26+,27+/m1/s1. The lowest BCUT2D eigenvalue weighted by molar-refractivity contribution is -0.247. The van der Waals surface area contributed by atoms with Crippen molar-refractivity contribution in [1.29, 1.82) is 0 Å². The third kappa shape index (κ3) is 7.44. The van der Waals surface area contributed by atoms with Crippen molar-refractivity contribution in [2.24, 2.45) is 0 Å². The first-order chi connectivity index (χ1) is 19.5. The van der Waals surface area contributed by atoms with Crippen LogP contribution in [-0.4, -0.2) is 71.9 Å². The first-order valence-electron chi connectivity index (χ1n) is 12.6. The Morgan fingerprint density at radius 2 is 1.46 bits per heavy atom. The zero-order valence-corrected chi connectivity index (χ0v) is 23.5. The van der Waals surface area contributed by atoms with E-state index >= 15 is 0 Å². The molecule has 0 spiro atoms. The molecule has 0 unspecified atom stereocenters. The first-order valence-corrected chi connectivity index (χ1v) is 13.4. The lowest BCUT2D eigenvalue weighted by Gasteiger charge is -2.44. The molecule has 1 fully saturated rings. The number of fused-ring (bicyclic) bond motifs is 1. The molecule has 5 atom stereocenters. The smallest absolute Gasteiger partial charge is 0.303 e. The Bertz CT molecular complexity index is 1470. The molecule has 2 aromatic carbocycles. The van der Waals surface area contributed by atoms with E-state index in [1.165, 1.54) is 13.1 Å². The van der Waals surface area contributed by atoms with Gasteiger partial charge >= 0.3 is 23.9 Å². The summed E-state index contributed by atoms with van der Waals surface area (Å²) in [5, 5.41) is 5.12. The summed E-state index contributed by atoms with van der Waals surface area (Å²) in [4.78, 5) is 65.3. The summed E-state index contributed by atoms with van der Waals surface area (Å²) in [7, 11) is 0. The van der Waals surface area contributed by atoms with Crippen LogP contribution in [0.15, 0.2) is 48.7 Å². The molecule has 1 saturated heterocycles. The number of thiazole rings is 1. The summed E-state index contributed by atoms with van der Waals surface area (Å²) < 4.78 is 27.4. The van der Waals surface area contributed by atoms with Crippen molar-refractivity contribution in [3.63, 3.8) is 0 Å². The van der Waals surface area contributed by atoms with Gasteiger partial charge in [0.05, 0.1) is 11.1 Å². The monoisotopic (exact) mass is 584 g/mol. The number of rotatable bonds is 9. The van der Waals surface area contributed by atoms with Gasteiger partial charge in [0.1, 0.15) is 12.7 Å². The third-order valence-corrected chi connectivity index (χ3v) is 6.93. The van der Waals surface area contributed by atoms with E-state index < -0.39 is 54.5 Å². The highest BCUT2D eigenvalue weighted by Gasteiger charge is 2.52. The van der Waals surface area contributed by atoms with Gasteiger partial charge in [0.2, 0.25) is 5.78 Å². The van der Waals surface area contributed by atoms with Crippen LogP contribution in [0.2, 0.25) is 0 Å². The first kappa shape index (κ1) is 29.6. The van der Waals surface area contributed by atoms with Gasteiger partial charge in [0, 0.05) is 33.3 Å². The molecule has 1 aromatic heterocycles. The van der Waals surface area contributed by atoms with Crippen molar-refractivity contribution >= 4 is 56.9 Å². The van der Waals surface area contributed by atoms with E-state index in [-0.39, 0.29) is 17.5 Å². The molecule has 1 aliphatic rings. The van der Waals surface area contributed by atoms with Crippen LogP contribution in [-0.2, 0) is 42.9 Å². The van der Waals surface area contributed by atoms with Gasteiger partial charge in [-0.2, -0.15) is 0 Å². The molecule has 1 N–H and O–H groups in total. The number of nitrogens with zero attached hydrogens (tertiary/aromatic N) is 1. The molecule has 4 rings (SSSR count). The van der Waals surface area contributed by atoms with Crippen molar-refractivity contribution < 1.29 is 47.7 Å². The summed E-state index contributed by atoms with van der Waals surface area (Å²) in [5.74, 6) is -3.07. The number of hydrogen-bond donors (Lipinski definition) is 1. The molecule has 2 heterocycles. The number of ether oxygens (including phenoxy) is 5. The van der Waals surface area contributed by atoms with Crippen LogP contribution in [0.1, 0.15) is 42.9 Å². The Labute approximate surface area is 238 Å². The van der Waals surface area contributed by atoms with E-state index in [1.807, 2.05) is 30.3 Å². The summed E-state index contributed by atoms with van der Waals surface area (Å²) >= 11 is 1.03. The van der Waals surface area contributed by atoms with Crippen molar-refractivity contribution in [3.8, 4) is 0 Å². The Hall–Kier alpha value is -4.36. The topological polar surface area (TPSA) is 156 Å². The number of benzene rings is 2. The fraction of sp³-hybridized carbons (Fsp3) is 0.357. The number of nitrogens with one attached hydrogen (secondary N) is 1. The molecule has 41 heavy (non-hydrogen) atoms. The number of carbonyl (C=O) groups excluding carboxylic acids is 5. The van der Waals surface area contributed by atoms with Crippen LogP contribution in [0.4, 0.5) is 5.13 Å². The average molecular weight is 585 g/mol. The van der Waals surface area contributed by atoms with Crippen molar-refractivity contribution in [1.82, 2.24) is 4.98 Å². The molecule has 0 aliphatic carbocycles. The van der Waals surface area contributed by atoms with Gasteiger partial charge in [-0.05, 0) is 16.8 Å². The molecule has 0 radical (unpaired) electrons. The van der Waals surface area contributed by atoms with E-state index in [0.29, 0.717) is 10.4 Å². The molecule has 3 aromatic rings. The molecule has 216 valence electrons. The second-order valence-corrected chi connectivity index (χ2v) is 10.2. The van der Waals surface area contributed by atoms with Gasteiger partial charge in [-0.15, -0.1) is 0 Å². The quantitative estimate of drug-likeness (QED) is 0.223. The minimum Gasteiger partial charge on any atom is -0.463 e. The maximum Gasteiger partial charge on any atom is 0.303 e. The molecular weight excluding hydrogens is 556 g/mol. The number of esters is 4. The SMILES string of the molecule is CC(=O)OC[C@H]1O[C@H](Nc2ncc(C(=O)c3ccc4ccccc4c3)s2)[C@@H](OC(C)=O)[C@@H](OC(C)=O)[C@@H]1OC(C)=O. The summed E-state index contributed by atoms with van der Waals surface area (Å²) in [5.41, 5.74) is 0.478. The minimum absolute atomic E-state index is 0.232. The average Bonchev–Trinajstić information content (AvgIpc) is 3.38. The van der Waals surface area contributed by atoms with Crippen LogP contribution >= 0.6 is 11.3 Å². The number of carbonyl (C=O) groups is 5. The lowest BCUT2D eigenvalue weighted by Crippen LogP contribution is -2.64. The predicted octanol–water partition coefficient (Wildman–Crippen LogP) is 3.02. The van der Waals surface area contributed by atoms with Crippen LogP contribution in [0, 0.1) is 0 Å². The minimum atomic E-state index is -1.33. The largest absolute Gasteiger partial charge is 0.463 e. The zero-order valence-electron chi connectivity index (χ0n) is 22.7. The van der Waals surface area contributed by atoms with Crippen molar-refractivity contribution in [2.75, 3.05) is 11.9 Å². The van der Waals surface area contributed by atoms with Gasteiger partial charge in [-0.1, -0.05) is 47.7 Å². The summed E-state index contributed by atoms with van der Waals surface area (Å²) in [6.45, 7) is 4.26. The van der Waals surface area contributed by atoms with Crippen LogP contribution < -0.4 is 5.32 Å². The maximum absolute atomic E-state index is 13.2. The van der Waals surface area contributed by atoms with Crippen molar-refractivity contribution in [3.05, 3.63) is 59.1 Å². The maximum atomic E-state index is 13.2. The van der Waals surface area contributed by atoms with E-state index in [2.05, 4.69) is 10.3 Å². The van der Waals surface area contributed by atoms with E-state index in [0.717, 1.165) is 42.9 Å². The van der Waals surface area contributed by atoms with Crippen molar-refractivity contribution in [2.45, 2.75) is 58.3 Å². The molecule has 0 amide bonds. The van der Waals surface area contributed by atoms with Gasteiger partial charge in [0.15, 0.2) is 29.7 Å². The Balaban J connectivity index is 1.62. The predicted molar refractivity (Wildman–Crippen MR) is 145 cm³/mol. The molecular formula is C28H28N2O10S. The van der Waals surface area contributed by atoms with Crippen LogP contribution in [0.3, 0.4) is 0 Å². The van der Waals surface area contributed by atoms with Gasteiger partial charge in [-0.3, -0.25) is 24.0 Å². The normalized spacial score (nSPS) is 21.9. The van der Waals surface area contributed by atoms with Gasteiger partial charge < -0.3 is 29.0 Å². The fourth-order valence-corrected chi connectivity index (χ4v) is 5.19. The zero-order chi connectivity index (χ0) is 29.7. The highest BCUT2D eigenvalue weighted by Crippen LogP contribution is 2.32. The third-order valence-electron chi connectivity index (χ3n) is 6.00. The number of anilines is 1.